The zero-order chi connectivity index (χ0) is 15.1. The maximum atomic E-state index is 9.67. The highest BCUT2D eigenvalue weighted by Crippen LogP contribution is 2.23. The average Bonchev–Trinajstić information content (AvgIpc) is 2.54. The number of ether oxygens (including phenoxy) is 2. The van der Waals surface area contributed by atoms with Crippen LogP contribution in [-0.4, -0.2) is 25.9 Å². The van der Waals surface area contributed by atoms with Crippen LogP contribution in [0.3, 0.4) is 0 Å². The molecular formula is C18H22O3. The van der Waals surface area contributed by atoms with Crippen molar-refractivity contribution in [3.63, 3.8) is 0 Å². The minimum absolute atomic E-state index is 0.148. The van der Waals surface area contributed by atoms with Crippen molar-refractivity contribution in [3.8, 4) is 11.5 Å². The predicted octanol–water partition coefficient (Wildman–Crippen LogP) is 3.10. The van der Waals surface area contributed by atoms with Gasteiger partial charge < -0.3 is 14.6 Å². The minimum atomic E-state index is 0.148. The summed E-state index contributed by atoms with van der Waals surface area (Å²) >= 11 is 0. The first-order valence-electron chi connectivity index (χ1n) is 7.12. The van der Waals surface area contributed by atoms with Gasteiger partial charge in [-0.25, -0.2) is 0 Å². The molecule has 0 spiro atoms. The molecule has 2 rings (SSSR count). The van der Waals surface area contributed by atoms with E-state index in [0.717, 1.165) is 29.9 Å². The van der Waals surface area contributed by atoms with Crippen LogP contribution in [0.1, 0.15) is 11.1 Å². The monoisotopic (exact) mass is 286 g/mol. The minimum Gasteiger partial charge on any atom is -0.497 e. The first kappa shape index (κ1) is 15.4. The molecule has 2 aromatic carbocycles. The van der Waals surface area contributed by atoms with E-state index < -0.39 is 0 Å². The molecule has 0 aromatic heterocycles. The molecule has 21 heavy (non-hydrogen) atoms. The lowest BCUT2D eigenvalue weighted by Gasteiger charge is -2.16. The summed E-state index contributed by atoms with van der Waals surface area (Å²) in [6, 6.07) is 15.9. The molecule has 0 amide bonds. The van der Waals surface area contributed by atoms with Gasteiger partial charge in [0.15, 0.2) is 0 Å². The lowest BCUT2D eigenvalue weighted by molar-refractivity contribution is 0.224. The quantitative estimate of drug-likeness (QED) is 0.850. The third-order valence-corrected chi connectivity index (χ3v) is 3.62. The number of para-hydroxylation sites is 1. The van der Waals surface area contributed by atoms with Crippen LogP contribution in [-0.2, 0) is 12.8 Å². The molecule has 0 fully saturated rings. The molecule has 0 radical (unpaired) electrons. The number of aliphatic hydroxyl groups is 1. The highest BCUT2D eigenvalue weighted by Gasteiger charge is 2.13. The van der Waals surface area contributed by atoms with Crippen LogP contribution in [0.25, 0.3) is 0 Å². The Balaban J connectivity index is 2.09. The Labute approximate surface area is 126 Å². The number of methoxy groups -OCH3 is 2. The van der Waals surface area contributed by atoms with Gasteiger partial charge >= 0.3 is 0 Å². The summed E-state index contributed by atoms with van der Waals surface area (Å²) in [5.41, 5.74) is 2.30. The van der Waals surface area contributed by atoms with Crippen molar-refractivity contribution < 1.29 is 14.6 Å². The van der Waals surface area contributed by atoms with E-state index in [4.69, 9.17) is 9.47 Å². The lowest BCUT2D eigenvalue weighted by Crippen LogP contribution is -2.13. The van der Waals surface area contributed by atoms with Gasteiger partial charge in [0.05, 0.1) is 14.2 Å². The van der Waals surface area contributed by atoms with Crippen molar-refractivity contribution in [2.75, 3.05) is 20.8 Å². The van der Waals surface area contributed by atoms with Crippen LogP contribution in [0.4, 0.5) is 0 Å². The van der Waals surface area contributed by atoms with Crippen molar-refractivity contribution in [3.05, 3.63) is 59.7 Å². The molecule has 0 aliphatic heterocycles. The molecule has 0 saturated carbocycles. The normalized spacial score (nSPS) is 12.0. The molecule has 3 nitrogen and oxygen atoms in total. The summed E-state index contributed by atoms with van der Waals surface area (Å²) in [5, 5.41) is 9.67. The van der Waals surface area contributed by atoms with E-state index in [1.807, 2.05) is 42.5 Å². The lowest BCUT2D eigenvalue weighted by atomic mass is 9.93. The Kier molecular flexibility index (Phi) is 5.64. The van der Waals surface area contributed by atoms with Gasteiger partial charge in [-0.2, -0.15) is 0 Å². The SMILES string of the molecule is COc1cccc(CC(CO)Cc2ccccc2OC)c1. The molecule has 0 aliphatic rings. The van der Waals surface area contributed by atoms with E-state index in [1.165, 1.54) is 5.56 Å². The van der Waals surface area contributed by atoms with Gasteiger partial charge in [-0.3, -0.25) is 0 Å². The van der Waals surface area contributed by atoms with Crippen LogP contribution < -0.4 is 9.47 Å². The molecule has 112 valence electrons. The highest BCUT2D eigenvalue weighted by atomic mass is 16.5. The molecule has 1 N–H and O–H groups in total. The zero-order valence-corrected chi connectivity index (χ0v) is 12.6. The van der Waals surface area contributed by atoms with Gasteiger partial charge in [0, 0.05) is 6.61 Å². The van der Waals surface area contributed by atoms with Gasteiger partial charge in [0.25, 0.3) is 0 Å². The molecule has 3 heteroatoms. The Morgan fingerprint density at radius 2 is 1.76 bits per heavy atom. The molecule has 0 heterocycles. The topological polar surface area (TPSA) is 38.7 Å². The zero-order valence-electron chi connectivity index (χ0n) is 12.6. The van der Waals surface area contributed by atoms with E-state index in [1.54, 1.807) is 14.2 Å². The summed E-state index contributed by atoms with van der Waals surface area (Å²) in [6.07, 6.45) is 1.60. The first-order chi connectivity index (χ1) is 10.3. The maximum absolute atomic E-state index is 9.67. The summed E-state index contributed by atoms with van der Waals surface area (Å²) < 4.78 is 10.6. The van der Waals surface area contributed by atoms with Crippen LogP contribution in [0, 0.1) is 5.92 Å². The number of aliphatic hydroxyl groups excluding tert-OH is 1. The fourth-order valence-electron chi connectivity index (χ4n) is 2.52. The third-order valence-electron chi connectivity index (χ3n) is 3.62. The largest absolute Gasteiger partial charge is 0.497 e. The van der Waals surface area contributed by atoms with Crippen LogP contribution >= 0.6 is 0 Å². The predicted molar refractivity (Wildman–Crippen MR) is 84.0 cm³/mol. The fraction of sp³-hybridized carbons (Fsp3) is 0.333. The second kappa shape index (κ2) is 7.70. The average molecular weight is 286 g/mol. The number of hydrogen-bond donors (Lipinski definition) is 1. The Morgan fingerprint density at radius 1 is 0.952 bits per heavy atom. The van der Waals surface area contributed by atoms with E-state index >= 15 is 0 Å². The third kappa shape index (κ3) is 4.23. The molecule has 1 atom stereocenters. The summed E-state index contributed by atoms with van der Waals surface area (Å²) in [7, 11) is 3.34. The van der Waals surface area contributed by atoms with Gasteiger partial charge in [0.2, 0.25) is 0 Å². The summed E-state index contributed by atoms with van der Waals surface area (Å²) in [6.45, 7) is 0.148. The van der Waals surface area contributed by atoms with Gasteiger partial charge in [-0.1, -0.05) is 30.3 Å². The Bertz CT molecular complexity index is 566. The van der Waals surface area contributed by atoms with Crippen molar-refractivity contribution in [2.24, 2.45) is 5.92 Å². The van der Waals surface area contributed by atoms with E-state index in [2.05, 4.69) is 6.07 Å². The summed E-state index contributed by atoms with van der Waals surface area (Å²) in [5.74, 6) is 1.89. The molecule has 2 aromatic rings. The summed E-state index contributed by atoms with van der Waals surface area (Å²) in [4.78, 5) is 0. The fourth-order valence-corrected chi connectivity index (χ4v) is 2.52. The van der Waals surface area contributed by atoms with E-state index in [-0.39, 0.29) is 12.5 Å². The molecule has 0 saturated heterocycles. The molecule has 1 unspecified atom stereocenters. The second-order valence-electron chi connectivity index (χ2n) is 5.12. The van der Waals surface area contributed by atoms with Gasteiger partial charge in [-0.05, 0) is 48.1 Å². The van der Waals surface area contributed by atoms with Crippen molar-refractivity contribution in [2.45, 2.75) is 12.8 Å². The van der Waals surface area contributed by atoms with Crippen LogP contribution in [0.15, 0.2) is 48.5 Å². The van der Waals surface area contributed by atoms with E-state index in [0.29, 0.717) is 0 Å². The number of hydrogen-bond acceptors (Lipinski definition) is 3. The molecular weight excluding hydrogens is 264 g/mol. The molecule has 0 aliphatic carbocycles. The van der Waals surface area contributed by atoms with Crippen molar-refractivity contribution in [1.29, 1.82) is 0 Å². The van der Waals surface area contributed by atoms with Crippen molar-refractivity contribution >= 4 is 0 Å². The van der Waals surface area contributed by atoms with E-state index in [9.17, 15) is 5.11 Å². The Morgan fingerprint density at radius 3 is 2.48 bits per heavy atom. The van der Waals surface area contributed by atoms with Crippen LogP contribution in [0.5, 0.6) is 11.5 Å². The van der Waals surface area contributed by atoms with Gasteiger partial charge in [-0.15, -0.1) is 0 Å². The standard InChI is InChI=1S/C18H22O3/c1-20-17-8-5-6-14(12-17)10-15(13-19)11-16-7-3-4-9-18(16)21-2/h3-9,12,15,19H,10-11,13H2,1-2H3. The van der Waals surface area contributed by atoms with Gasteiger partial charge in [0.1, 0.15) is 11.5 Å². The smallest absolute Gasteiger partial charge is 0.122 e. The van der Waals surface area contributed by atoms with Crippen LogP contribution in [0.2, 0.25) is 0 Å². The Hall–Kier alpha value is -2.00. The molecule has 0 bridgehead atoms. The second-order valence-corrected chi connectivity index (χ2v) is 5.12. The van der Waals surface area contributed by atoms with Crippen molar-refractivity contribution in [1.82, 2.24) is 0 Å². The first-order valence-corrected chi connectivity index (χ1v) is 7.12. The highest BCUT2D eigenvalue weighted by molar-refractivity contribution is 5.34. The maximum Gasteiger partial charge on any atom is 0.122 e. The number of rotatable bonds is 7. The number of benzene rings is 2.